The molecule has 0 bridgehead atoms. The van der Waals surface area contributed by atoms with Crippen LogP contribution in [-0.2, 0) is 0 Å². The molecule has 0 saturated heterocycles. The van der Waals surface area contributed by atoms with Gasteiger partial charge in [0.2, 0.25) is 0 Å². The van der Waals surface area contributed by atoms with Gasteiger partial charge in [-0.1, -0.05) is 38.6 Å². The van der Waals surface area contributed by atoms with E-state index in [0.717, 1.165) is 10.8 Å². The lowest BCUT2D eigenvalue weighted by atomic mass is 9.85. The molecule has 2 aromatic heterocycles. The summed E-state index contributed by atoms with van der Waals surface area (Å²) in [5, 5.41) is 18.5. The summed E-state index contributed by atoms with van der Waals surface area (Å²) < 4.78 is 1.91. The Bertz CT molecular complexity index is 549. The van der Waals surface area contributed by atoms with Gasteiger partial charge in [-0.05, 0) is 17.5 Å². The van der Waals surface area contributed by atoms with E-state index in [2.05, 4.69) is 31.0 Å². The SMILES string of the molecule is CC(C)(C)C(N)C(CO)Sc1nnc2ccccn12. The molecule has 0 fully saturated rings. The van der Waals surface area contributed by atoms with Crippen molar-refractivity contribution in [2.75, 3.05) is 6.61 Å². The summed E-state index contributed by atoms with van der Waals surface area (Å²) >= 11 is 1.47. The molecule has 2 atom stereocenters. The van der Waals surface area contributed by atoms with Gasteiger partial charge in [0.1, 0.15) is 0 Å². The summed E-state index contributed by atoms with van der Waals surface area (Å²) in [5.74, 6) is 0. The predicted molar refractivity (Wildman–Crippen MR) is 77.1 cm³/mol. The highest BCUT2D eigenvalue weighted by Gasteiger charge is 2.30. The number of aliphatic hydroxyl groups is 1. The highest BCUT2D eigenvalue weighted by atomic mass is 32.2. The Kier molecular flexibility index (Phi) is 4.13. The highest BCUT2D eigenvalue weighted by molar-refractivity contribution is 7.99. The molecule has 0 amide bonds. The Morgan fingerprint density at radius 3 is 2.74 bits per heavy atom. The summed E-state index contributed by atoms with van der Waals surface area (Å²) in [5.41, 5.74) is 6.96. The van der Waals surface area contributed by atoms with E-state index in [4.69, 9.17) is 5.73 Å². The number of thioether (sulfide) groups is 1. The molecule has 5 nitrogen and oxygen atoms in total. The first-order chi connectivity index (χ1) is 8.93. The quantitative estimate of drug-likeness (QED) is 0.831. The summed E-state index contributed by atoms with van der Waals surface area (Å²) in [7, 11) is 0. The standard InChI is InChI=1S/C13H20N4OS/c1-13(2,3)11(14)9(8-18)19-12-16-15-10-6-4-5-7-17(10)12/h4-7,9,11,18H,8,14H2,1-3H3. The van der Waals surface area contributed by atoms with Gasteiger partial charge >= 0.3 is 0 Å². The Morgan fingerprint density at radius 1 is 1.37 bits per heavy atom. The second kappa shape index (κ2) is 5.48. The number of pyridine rings is 1. The average molecular weight is 280 g/mol. The predicted octanol–water partition coefficient (Wildman–Crippen LogP) is 1.56. The molecule has 0 radical (unpaired) electrons. The zero-order valence-corrected chi connectivity index (χ0v) is 12.3. The number of fused-ring (bicyclic) bond motifs is 1. The van der Waals surface area contributed by atoms with Gasteiger partial charge in [-0.2, -0.15) is 0 Å². The molecule has 3 N–H and O–H groups in total. The lowest BCUT2D eigenvalue weighted by Crippen LogP contribution is -2.45. The number of hydrogen-bond donors (Lipinski definition) is 2. The minimum Gasteiger partial charge on any atom is -0.395 e. The van der Waals surface area contributed by atoms with E-state index in [1.54, 1.807) is 0 Å². The maximum absolute atomic E-state index is 9.57. The van der Waals surface area contributed by atoms with E-state index in [9.17, 15) is 5.11 Å². The molecule has 19 heavy (non-hydrogen) atoms. The third kappa shape index (κ3) is 3.08. The number of aromatic nitrogens is 3. The first-order valence-electron chi connectivity index (χ1n) is 6.26. The molecule has 2 aromatic rings. The summed E-state index contributed by atoms with van der Waals surface area (Å²) in [4.78, 5) is 0. The Labute approximate surface area is 117 Å². The van der Waals surface area contributed by atoms with Crippen molar-refractivity contribution in [3.05, 3.63) is 24.4 Å². The van der Waals surface area contributed by atoms with Crippen molar-refractivity contribution in [1.82, 2.24) is 14.6 Å². The van der Waals surface area contributed by atoms with Crippen LogP contribution in [0.15, 0.2) is 29.6 Å². The molecule has 0 aliphatic rings. The van der Waals surface area contributed by atoms with Crippen LogP contribution in [0.25, 0.3) is 5.65 Å². The van der Waals surface area contributed by atoms with Crippen LogP contribution in [0.4, 0.5) is 0 Å². The molecule has 0 aliphatic carbocycles. The molecular formula is C13H20N4OS. The number of rotatable bonds is 4. The van der Waals surface area contributed by atoms with Crippen molar-refractivity contribution in [1.29, 1.82) is 0 Å². The molecular weight excluding hydrogens is 260 g/mol. The van der Waals surface area contributed by atoms with Crippen LogP contribution in [0.2, 0.25) is 0 Å². The highest BCUT2D eigenvalue weighted by Crippen LogP contribution is 2.30. The Morgan fingerprint density at radius 2 is 2.11 bits per heavy atom. The third-order valence-corrected chi connectivity index (χ3v) is 4.35. The zero-order chi connectivity index (χ0) is 14.0. The van der Waals surface area contributed by atoms with Crippen LogP contribution in [0.3, 0.4) is 0 Å². The third-order valence-electron chi connectivity index (χ3n) is 3.12. The van der Waals surface area contributed by atoms with Crippen LogP contribution in [0.5, 0.6) is 0 Å². The maximum atomic E-state index is 9.57. The zero-order valence-electron chi connectivity index (χ0n) is 11.4. The number of aliphatic hydroxyl groups excluding tert-OH is 1. The lowest BCUT2D eigenvalue weighted by molar-refractivity contribution is 0.233. The first-order valence-corrected chi connectivity index (χ1v) is 7.14. The Hall–Kier alpha value is -1.11. The minimum absolute atomic E-state index is 0.0187. The fourth-order valence-electron chi connectivity index (χ4n) is 1.82. The van der Waals surface area contributed by atoms with E-state index >= 15 is 0 Å². The minimum atomic E-state index is -0.126. The molecule has 2 unspecified atom stereocenters. The summed E-state index contributed by atoms with van der Waals surface area (Å²) in [6.07, 6.45) is 1.91. The van der Waals surface area contributed by atoms with E-state index in [1.807, 2.05) is 28.8 Å². The van der Waals surface area contributed by atoms with Gasteiger partial charge in [0.05, 0.1) is 11.9 Å². The van der Waals surface area contributed by atoms with Gasteiger partial charge in [0.25, 0.3) is 0 Å². The van der Waals surface area contributed by atoms with Crippen molar-refractivity contribution in [2.24, 2.45) is 11.1 Å². The smallest absolute Gasteiger partial charge is 0.196 e. The fraction of sp³-hybridized carbons (Fsp3) is 0.538. The van der Waals surface area contributed by atoms with Gasteiger partial charge in [0.15, 0.2) is 10.8 Å². The molecule has 2 rings (SSSR count). The van der Waals surface area contributed by atoms with Crippen LogP contribution >= 0.6 is 11.8 Å². The van der Waals surface area contributed by atoms with Gasteiger partial charge in [-0.25, -0.2) is 0 Å². The van der Waals surface area contributed by atoms with Crippen molar-refractivity contribution >= 4 is 17.4 Å². The maximum Gasteiger partial charge on any atom is 0.196 e. The van der Waals surface area contributed by atoms with Gasteiger partial charge in [-0.15, -0.1) is 10.2 Å². The van der Waals surface area contributed by atoms with E-state index in [-0.39, 0.29) is 23.3 Å². The second-order valence-electron chi connectivity index (χ2n) is 5.64. The van der Waals surface area contributed by atoms with Gasteiger partial charge in [-0.3, -0.25) is 4.40 Å². The normalized spacial score (nSPS) is 15.6. The van der Waals surface area contributed by atoms with Crippen molar-refractivity contribution in [2.45, 2.75) is 37.2 Å². The topological polar surface area (TPSA) is 76.4 Å². The molecule has 6 heteroatoms. The number of hydrogen-bond acceptors (Lipinski definition) is 5. The molecule has 0 aromatic carbocycles. The van der Waals surface area contributed by atoms with Gasteiger partial charge in [0, 0.05) is 12.2 Å². The molecule has 2 heterocycles. The van der Waals surface area contributed by atoms with Crippen molar-refractivity contribution < 1.29 is 5.11 Å². The lowest BCUT2D eigenvalue weighted by Gasteiger charge is -2.32. The number of nitrogens with two attached hydrogens (primary N) is 1. The first kappa shape index (κ1) is 14.3. The van der Waals surface area contributed by atoms with E-state index < -0.39 is 0 Å². The van der Waals surface area contributed by atoms with Crippen LogP contribution in [0, 0.1) is 5.41 Å². The second-order valence-corrected chi connectivity index (χ2v) is 6.85. The largest absolute Gasteiger partial charge is 0.395 e. The molecule has 0 spiro atoms. The van der Waals surface area contributed by atoms with Gasteiger partial charge < -0.3 is 10.8 Å². The molecule has 0 saturated carbocycles. The van der Waals surface area contributed by atoms with Crippen LogP contribution < -0.4 is 5.73 Å². The van der Waals surface area contributed by atoms with Crippen molar-refractivity contribution in [3.8, 4) is 0 Å². The Balaban J connectivity index is 2.23. The fourth-order valence-corrected chi connectivity index (χ4v) is 3.07. The van der Waals surface area contributed by atoms with Crippen LogP contribution in [0.1, 0.15) is 20.8 Å². The summed E-state index contributed by atoms with van der Waals surface area (Å²) in [6, 6.07) is 5.62. The molecule has 104 valence electrons. The van der Waals surface area contributed by atoms with E-state index in [1.165, 1.54) is 11.8 Å². The summed E-state index contributed by atoms with van der Waals surface area (Å²) in [6.45, 7) is 6.24. The van der Waals surface area contributed by atoms with Crippen molar-refractivity contribution in [3.63, 3.8) is 0 Å². The van der Waals surface area contributed by atoms with Crippen LogP contribution in [-0.4, -0.2) is 37.6 Å². The molecule has 0 aliphatic heterocycles. The van der Waals surface area contributed by atoms with E-state index in [0.29, 0.717) is 0 Å². The monoisotopic (exact) mass is 280 g/mol. The average Bonchev–Trinajstić information content (AvgIpc) is 2.77. The number of nitrogens with zero attached hydrogens (tertiary/aromatic N) is 3.